The molecule has 3 aliphatic heterocycles. The number of unbranched alkanes of at least 4 members (excludes halogenated alkanes) is 20. The lowest BCUT2D eigenvalue weighted by atomic mass is 9.96. The molecule has 3 saturated heterocycles. The number of carbonyl (C=O) groups excluding carboxylic acids is 1. The predicted octanol–water partition coefficient (Wildman–Crippen LogP) is 10.4. The topological polar surface area (TPSA) is 307 Å². The summed E-state index contributed by atoms with van der Waals surface area (Å²) in [5.41, 5.74) is 0. The Morgan fingerprint density at radius 3 is 1.13 bits per heavy atom. The molecule has 0 aromatic rings. The molecule has 95 heavy (non-hydrogen) atoms. The molecule has 19 heteroatoms. The Hall–Kier alpha value is -3.81. The van der Waals surface area contributed by atoms with Crippen molar-refractivity contribution in [1.29, 1.82) is 0 Å². The molecule has 17 atom stereocenters. The number of ether oxygens (including phenoxy) is 6. The Labute approximate surface area is 569 Å². The average Bonchev–Trinajstić information content (AvgIpc) is 0.786. The molecule has 1 amide bonds. The van der Waals surface area contributed by atoms with Crippen molar-refractivity contribution in [2.75, 3.05) is 26.4 Å². The van der Waals surface area contributed by atoms with Crippen LogP contribution in [0.1, 0.15) is 219 Å². The van der Waals surface area contributed by atoms with E-state index in [-0.39, 0.29) is 18.9 Å². The zero-order valence-corrected chi connectivity index (χ0v) is 57.6. The SMILES string of the molecule is CC/C=C\C/C=C\C/C=C\C/C=C\C/C=C\C/C=C\C/C=C\C/C=C\C/C=C\CCCC(=O)NC(COC1OC(CO)C(OC2OC(CO)C(OC3OC(CO)C(O)C(O)C3O)C(O)C2O)C(O)C1O)C(O)/C=C/CCCCCCCCCCCCCCCCCCCCC. The first-order valence-electron chi connectivity index (χ1n) is 36.3. The second kappa shape index (κ2) is 56.0. The fourth-order valence-corrected chi connectivity index (χ4v) is 11.4. The van der Waals surface area contributed by atoms with Gasteiger partial charge in [0, 0.05) is 6.42 Å². The minimum absolute atomic E-state index is 0.155. The summed E-state index contributed by atoms with van der Waals surface area (Å²) in [7, 11) is 0. The Kier molecular flexibility index (Phi) is 50.3. The van der Waals surface area contributed by atoms with Crippen molar-refractivity contribution in [3.63, 3.8) is 0 Å². The summed E-state index contributed by atoms with van der Waals surface area (Å²) in [5, 5.41) is 121. The lowest BCUT2D eigenvalue weighted by Gasteiger charge is -2.48. The normalized spacial score (nSPS) is 27.9. The first kappa shape index (κ1) is 85.4. The summed E-state index contributed by atoms with van der Waals surface area (Å²) in [6, 6.07) is -1.01. The number of rotatable bonds is 54. The van der Waals surface area contributed by atoms with E-state index in [1.165, 1.54) is 103 Å². The van der Waals surface area contributed by atoms with Gasteiger partial charge in [-0.05, 0) is 83.5 Å². The molecule has 0 spiro atoms. The van der Waals surface area contributed by atoms with Crippen LogP contribution in [0.2, 0.25) is 0 Å². The van der Waals surface area contributed by atoms with E-state index in [1.54, 1.807) is 6.08 Å². The minimum Gasteiger partial charge on any atom is -0.394 e. The molecule has 0 aromatic heterocycles. The van der Waals surface area contributed by atoms with Crippen LogP contribution < -0.4 is 5.32 Å². The molecule has 3 fully saturated rings. The van der Waals surface area contributed by atoms with Gasteiger partial charge in [-0.25, -0.2) is 0 Å². The number of amides is 1. The molecule has 3 aliphatic rings. The Bertz CT molecular complexity index is 2190. The summed E-state index contributed by atoms with van der Waals surface area (Å²) in [5.74, 6) is -0.337. The van der Waals surface area contributed by atoms with Crippen LogP contribution in [0, 0.1) is 0 Å². The molecule has 0 aliphatic carbocycles. The molecular weight excluding hydrogens is 1210 g/mol. The number of aliphatic hydroxyl groups is 11. The van der Waals surface area contributed by atoms with Crippen LogP contribution in [0.4, 0.5) is 0 Å². The number of allylic oxidation sites excluding steroid dienone is 19. The first-order chi connectivity index (χ1) is 46.3. The van der Waals surface area contributed by atoms with Gasteiger partial charge < -0.3 is 89.9 Å². The van der Waals surface area contributed by atoms with Gasteiger partial charge in [0.2, 0.25) is 5.91 Å². The number of aliphatic hydroxyl groups excluding tert-OH is 11. The Balaban J connectivity index is 1.45. The molecule has 19 nitrogen and oxygen atoms in total. The Morgan fingerprint density at radius 1 is 0.389 bits per heavy atom. The molecular formula is C76H127NO18. The third-order valence-electron chi connectivity index (χ3n) is 17.3. The number of nitrogens with one attached hydrogen (secondary N) is 1. The number of hydrogen-bond donors (Lipinski definition) is 12. The fourth-order valence-electron chi connectivity index (χ4n) is 11.4. The summed E-state index contributed by atoms with van der Waals surface area (Å²) < 4.78 is 34.3. The van der Waals surface area contributed by atoms with Gasteiger partial charge in [0.1, 0.15) is 73.2 Å². The largest absolute Gasteiger partial charge is 0.394 e. The third-order valence-corrected chi connectivity index (χ3v) is 17.3. The predicted molar refractivity (Wildman–Crippen MR) is 373 cm³/mol. The third kappa shape index (κ3) is 37.3. The highest BCUT2D eigenvalue weighted by atomic mass is 16.8. The quantitative estimate of drug-likeness (QED) is 0.0199. The lowest BCUT2D eigenvalue weighted by molar-refractivity contribution is -0.379. The number of carbonyl (C=O) groups is 1. The zero-order chi connectivity index (χ0) is 68.9. The van der Waals surface area contributed by atoms with Gasteiger partial charge in [0.15, 0.2) is 18.9 Å². The van der Waals surface area contributed by atoms with E-state index in [1.807, 2.05) is 12.2 Å². The van der Waals surface area contributed by atoms with E-state index in [0.29, 0.717) is 12.8 Å². The molecule has 0 saturated carbocycles. The summed E-state index contributed by atoms with van der Waals surface area (Å²) in [4.78, 5) is 13.4. The molecule has 0 radical (unpaired) electrons. The average molecular weight is 1340 g/mol. The van der Waals surface area contributed by atoms with Crippen molar-refractivity contribution in [1.82, 2.24) is 5.32 Å². The molecule has 12 N–H and O–H groups in total. The van der Waals surface area contributed by atoms with Gasteiger partial charge >= 0.3 is 0 Å². The lowest BCUT2D eigenvalue weighted by Crippen LogP contribution is -2.66. The van der Waals surface area contributed by atoms with E-state index in [0.717, 1.165) is 83.5 Å². The fraction of sp³-hybridized carbons (Fsp3) is 0.724. The van der Waals surface area contributed by atoms with Gasteiger partial charge in [0.05, 0.1) is 38.6 Å². The molecule has 544 valence electrons. The highest BCUT2D eigenvalue weighted by Gasteiger charge is 2.53. The molecule has 3 rings (SSSR count). The molecule has 17 unspecified atom stereocenters. The minimum atomic E-state index is -1.99. The maximum atomic E-state index is 13.4. The van der Waals surface area contributed by atoms with Crippen LogP contribution in [-0.4, -0.2) is 193 Å². The van der Waals surface area contributed by atoms with E-state index in [2.05, 4.69) is 122 Å². The van der Waals surface area contributed by atoms with Gasteiger partial charge in [-0.1, -0.05) is 251 Å². The van der Waals surface area contributed by atoms with Gasteiger partial charge in [-0.3, -0.25) is 4.79 Å². The molecule has 0 bridgehead atoms. The van der Waals surface area contributed by atoms with Crippen molar-refractivity contribution in [2.24, 2.45) is 0 Å². The van der Waals surface area contributed by atoms with Crippen LogP contribution in [0.25, 0.3) is 0 Å². The van der Waals surface area contributed by atoms with Crippen molar-refractivity contribution < 1.29 is 89.4 Å². The van der Waals surface area contributed by atoms with Crippen molar-refractivity contribution in [2.45, 2.75) is 324 Å². The van der Waals surface area contributed by atoms with Gasteiger partial charge in [0.25, 0.3) is 0 Å². The van der Waals surface area contributed by atoms with Crippen molar-refractivity contribution in [3.8, 4) is 0 Å². The van der Waals surface area contributed by atoms with Gasteiger partial charge in [-0.2, -0.15) is 0 Å². The highest BCUT2D eigenvalue weighted by molar-refractivity contribution is 5.76. The molecule has 3 heterocycles. The van der Waals surface area contributed by atoms with Crippen molar-refractivity contribution in [3.05, 3.63) is 122 Å². The van der Waals surface area contributed by atoms with Crippen LogP contribution in [0.5, 0.6) is 0 Å². The van der Waals surface area contributed by atoms with Crippen LogP contribution in [0.3, 0.4) is 0 Å². The van der Waals surface area contributed by atoms with Crippen molar-refractivity contribution >= 4 is 5.91 Å². The zero-order valence-electron chi connectivity index (χ0n) is 57.6. The molecule has 0 aromatic carbocycles. The van der Waals surface area contributed by atoms with E-state index in [4.69, 9.17) is 28.4 Å². The summed E-state index contributed by atoms with van der Waals surface area (Å²) in [6.07, 6.45) is 50.3. The maximum absolute atomic E-state index is 13.4. The monoisotopic (exact) mass is 1340 g/mol. The first-order valence-corrected chi connectivity index (χ1v) is 36.3. The standard InChI is InChI=1S/C76H127NO18/c1-3-5-7-9-11-13-15-17-19-21-23-25-26-27-28-29-30-31-32-34-36-38-40-42-44-46-48-50-52-54-64(82)77-59(60(81)53-51-49-47-45-43-41-39-37-35-33-24-22-20-18-16-14-12-10-8-6-4-2)58-90-74-70(88)67(85)72(62(56-79)92-74)95-76-71(89)68(86)73(63(57-80)93-76)94-75-69(87)66(84)65(83)61(55-78)91-75/h5,7,11,13,17,19,23,25,27-28,30-31,34,36,40,42,46,48,51,53,59-63,65-76,78-81,83-89H,3-4,6,8-10,12,14-16,18,20-22,24,26,29,32-33,35,37-39,41,43-45,47,49-50,52,54-58H2,1-2H3,(H,77,82)/b7-5-,13-11-,19-17-,25-23-,28-27-,31-30-,36-34-,42-40-,48-46-,53-51+. The van der Waals surface area contributed by atoms with E-state index in [9.17, 15) is 61.0 Å². The van der Waals surface area contributed by atoms with Crippen LogP contribution >= 0.6 is 0 Å². The van der Waals surface area contributed by atoms with Crippen LogP contribution in [0.15, 0.2) is 122 Å². The number of hydrogen-bond acceptors (Lipinski definition) is 18. The highest BCUT2D eigenvalue weighted by Crippen LogP contribution is 2.33. The van der Waals surface area contributed by atoms with Crippen LogP contribution in [-0.2, 0) is 33.2 Å². The summed E-state index contributed by atoms with van der Waals surface area (Å²) >= 11 is 0. The smallest absolute Gasteiger partial charge is 0.220 e. The van der Waals surface area contributed by atoms with Gasteiger partial charge in [-0.15, -0.1) is 0 Å². The van der Waals surface area contributed by atoms with E-state index >= 15 is 0 Å². The maximum Gasteiger partial charge on any atom is 0.220 e. The van der Waals surface area contributed by atoms with E-state index < -0.39 is 124 Å². The summed E-state index contributed by atoms with van der Waals surface area (Å²) in [6.45, 7) is 1.57. The Morgan fingerprint density at radius 2 is 0.726 bits per heavy atom. The second-order valence-electron chi connectivity index (χ2n) is 25.3. The second-order valence-corrected chi connectivity index (χ2v) is 25.3.